The first-order valence-electron chi connectivity index (χ1n) is 4.37. The van der Waals surface area contributed by atoms with E-state index in [1.54, 1.807) is 18.4 Å². The number of hydrogen-bond donors (Lipinski definition) is 0. The van der Waals surface area contributed by atoms with E-state index < -0.39 is 0 Å². The normalized spacial score (nSPS) is 10.8. The Balaban J connectivity index is 2.76. The molecule has 0 fully saturated rings. The highest BCUT2D eigenvalue weighted by Gasteiger charge is 2.09. The fourth-order valence-corrected chi connectivity index (χ4v) is 3.10. The lowest BCUT2D eigenvalue weighted by Crippen LogP contribution is -1.85. The second kappa shape index (κ2) is 3.79. The molecule has 74 valence electrons. The molecule has 1 heterocycles. The van der Waals surface area contributed by atoms with Gasteiger partial charge < -0.3 is 4.74 Å². The van der Waals surface area contributed by atoms with E-state index >= 15 is 0 Å². The van der Waals surface area contributed by atoms with Crippen molar-refractivity contribution in [1.82, 2.24) is 0 Å². The van der Waals surface area contributed by atoms with Crippen LogP contribution in [-0.4, -0.2) is 7.11 Å². The van der Waals surface area contributed by atoms with Gasteiger partial charge in [-0.2, -0.15) is 0 Å². The van der Waals surface area contributed by atoms with E-state index in [1.807, 2.05) is 5.38 Å². The van der Waals surface area contributed by atoms with Crippen LogP contribution in [-0.2, 0) is 5.88 Å². The minimum atomic E-state index is 0.562. The van der Waals surface area contributed by atoms with Gasteiger partial charge in [0.2, 0.25) is 0 Å². The lowest BCUT2D eigenvalue weighted by Gasteiger charge is -2.03. The Hall–Kier alpha value is -0.730. The number of ether oxygens (including phenoxy) is 1. The Labute approximate surface area is 92.3 Å². The van der Waals surface area contributed by atoms with Crippen LogP contribution in [0.3, 0.4) is 0 Å². The first-order chi connectivity index (χ1) is 6.77. The zero-order chi connectivity index (χ0) is 10.1. The Kier molecular flexibility index (Phi) is 2.66. The molecule has 0 aliphatic heterocycles. The molecule has 0 unspecified atom stereocenters. The van der Waals surface area contributed by atoms with Crippen LogP contribution in [0.1, 0.15) is 11.1 Å². The average Bonchev–Trinajstić information content (AvgIpc) is 2.60. The van der Waals surface area contributed by atoms with Crippen molar-refractivity contribution in [2.45, 2.75) is 12.8 Å². The summed E-state index contributed by atoms with van der Waals surface area (Å²) >= 11 is 7.62. The largest absolute Gasteiger partial charge is 0.495 e. The van der Waals surface area contributed by atoms with Crippen LogP contribution in [0.5, 0.6) is 5.75 Å². The van der Waals surface area contributed by atoms with E-state index in [4.69, 9.17) is 16.3 Å². The standard InChI is InChI=1S/C11H11ClOS/c1-7-3-4-8-10(13-2)6-14-11(8)9(7)5-12/h3-4,6H,5H2,1-2H3. The highest BCUT2D eigenvalue weighted by Crippen LogP contribution is 2.36. The summed E-state index contributed by atoms with van der Waals surface area (Å²) in [7, 11) is 1.70. The molecule has 0 saturated carbocycles. The van der Waals surface area contributed by atoms with Crippen molar-refractivity contribution in [1.29, 1.82) is 0 Å². The van der Waals surface area contributed by atoms with Gasteiger partial charge in [-0.15, -0.1) is 22.9 Å². The summed E-state index contributed by atoms with van der Waals surface area (Å²) in [5.74, 6) is 1.50. The molecule has 3 heteroatoms. The molecule has 0 aliphatic carbocycles. The zero-order valence-electron chi connectivity index (χ0n) is 8.13. The van der Waals surface area contributed by atoms with E-state index in [0.29, 0.717) is 5.88 Å². The third kappa shape index (κ3) is 1.39. The van der Waals surface area contributed by atoms with Gasteiger partial charge in [-0.3, -0.25) is 0 Å². The van der Waals surface area contributed by atoms with Gasteiger partial charge in [-0.25, -0.2) is 0 Å². The smallest absolute Gasteiger partial charge is 0.137 e. The maximum absolute atomic E-state index is 5.93. The van der Waals surface area contributed by atoms with Gasteiger partial charge in [0.15, 0.2) is 0 Å². The number of methoxy groups -OCH3 is 1. The molecule has 0 atom stereocenters. The quantitative estimate of drug-likeness (QED) is 0.705. The Morgan fingerprint density at radius 1 is 1.43 bits per heavy atom. The SMILES string of the molecule is COc1csc2c(CCl)c(C)ccc12. The maximum Gasteiger partial charge on any atom is 0.137 e. The summed E-state index contributed by atoms with van der Waals surface area (Å²) in [6, 6.07) is 4.19. The van der Waals surface area contributed by atoms with Gasteiger partial charge in [-0.05, 0) is 24.1 Å². The molecular weight excluding hydrogens is 216 g/mol. The van der Waals surface area contributed by atoms with Crippen molar-refractivity contribution >= 4 is 33.0 Å². The van der Waals surface area contributed by atoms with E-state index in [0.717, 1.165) is 5.75 Å². The van der Waals surface area contributed by atoms with Crippen LogP contribution in [0, 0.1) is 6.92 Å². The van der Waals surface area contributed by atoms with Crippen LogP contribution in [0.2, 0.25) is 0 Å². The second-order valence-corrected chi connectivity index (χ2v) is 4.32. The summed E-state index contributed by atoms with van der Waals surface area (Å²) in [6.07, 6.45) is 0. The van der Waals surface area contributed by atoms with Crippen LogP contribution >= 0.6 is 22.9 Å². The van der Waals surface area contributed by atoms with Gasteiger partial charge in [0.05, 0.1) is 7.11 Å². The van der Waals surface area contributed by atoms with Gasteiger partial charge in [-0.1, -0.05) is 6.07 Å². The second-order valence-electron chi connectivity index (χ2n) is 3.18. The molecule has 2 aromatic rings. The van der Waals surface area contributed by atoms with Crippen molar-refractivity contribution in [3.05, 3.63) is 28.6 Å². The van der Waals surface area contributed by atoms with Gasteiger partial charge in [0, 0.05) is 21.3 Å². The molecular formula is C11H11ClOS. The molecule has 14 heavy (non-hydrogen) atoms. The summed E-state index contributed by atoms with van der Waals surface area (Å²) in [5, 5.41) is 3.19. The van der Waals surface area contributed by atoms with Crippen molar-refractivity contribution in [2.24, 2.45) is 0 Å². The fraction of sp³-hybridized carbons (Fsp3) is 0.273. The first kappa shape index (κ1) is 9.81. The topological polar surface area (TPSA) is 9.23 Å². The van der Waals surface area contributed by atoms with Crippen molar-refractivity contribution in [3.63, 3.8) is 0 Å². The molecule has 2 rings (SSSR count). The molecule has 0 aliphatic rings. The van der Waals surface area contributed by atoms with Crippen molar-refractivity contribution in [2.75, 3.05) is 7.11 Å². The lowest BCUT2D eigenvalue weighted by atomic mass is 10.1. The number of benzene rings is 1. The van der Waals surface area contributed by atoms with Crippen molar-refractivity contribution in [3.8, 4) is 5.75 Å². The third-order valence-electron chi connectivity index (χ3n) is 2.40. The number of thiophene rings is 1. The summed E-state index contributed by atoms with van der Waals surface area (Å²) < 4.78 is 6.52. The van der Waals surface area contributed by atoms with Crippen LogP contribution in [0.15, 0.2) is 17.5 Å². The third-order valence-corrected chi connectivity index (χ3v) is 3.70. The Morgan fingerprint density at radius 2 is 2.21 bits per heavy atom. The average molecular weight is 227 g/mol. The van der Waals surface area contributed by atoms with E-state index in [-0.39, 0.29) is 0 Å². The molecule has 1 aromatic heterocycles. The number of fused-ring (bicyclic) bond motifs is 1. The fourth-order valence-electron chi connectivity index (χ4n) is 1.55. The molecule has 0 radical (unpaired) electrons. The number of hydrogen-bond acceptors (Lipinski definition) is 2. The Bertz CT molecular complexity index is 462. The van der Waals surface area contributed by atoms with Gasteiger partial charge in [0.1, 0.15) is 5.75 Å². The summed E-state index contributed by atoms with van der Waals surface area (Å²) in [4.78, 5) is 0. The molecule has 0 saturated heterocycles. The molecule has 0 N–H and O–H groups in total. The monoisotopic (exact) mass is 226 g/mol. The summed E-state index contributed by atoms with van der Waals surface area (Å²) in [6.45, 7) is 2.09. The molecule has 0 amide bonds. The molecule has 1 aromatic carbocycles. The van der Waals surface area contributed by atoms with Crippen LogP contribution in [0.4, 0.5) is 0 Å². The van der Waals surface area contributed by atoms with Crippen molar-refractivity contribution < 1.29 is 4.74 Å². The minimum absolute atomic E-state index is 0.562. The lowest BCUT2D eigenvalue weighted by molar-refractivity contribution is 0.421. The first-order valence-corrected chi connectivity index (χ1v) is 5.79. The summed E-state index contributed by atoms with van der Waals surface area (Å²) in [5.41, 5.74) is 2.47. The van der Waals surface area contributed by atoms with E-state index in [9.17, 15) is 0 Å². The van der Waals surface area contributed by atoms with Crippen LogP contribution < -0.4 is 4.74 Å². The zero-order valence-corrected chi connectivity index (χ0v) is 9.71. The minimum Gasteiger partial charge on any atom is -0.495 e. The maximum atomic E-state index is 5.93. The van der Waals surface area contributed by atoms with Gasteiger partial charge >= 0.3 is 0 Å². The number of rotatable bonds is 2. The Morgan fingerprint density at radius 3 is 2.86 bits per heavy atom. The highest BCUT2D eigenvalue weighted by atomic mass is 35.5. The van der Waals surface area contributed by atoms with E-state index in [2.05, 4.69) is 19.1 Å². The van der Waals surface area contributed by atoms with E-state index in [1.165, 1.54) is 21.2 Å². The van der Waals surface area contributed by atoms with Gasteiger partial charge in [0.25, 0.3) is 0 Å². The highest BCUT2D eigenvalue weighted by molar-refractivity contribution is 7.17. The molecule has 0 spiro atoms. The predicted molar refractivity (Wildman–Crippen MR) is 62.7 cm³/mol. The number of aryl methyl sites for hydroxylation is 1. The molecule has 1 nitrogen and oxygen atoms in total. The van der Waals surface area contributed by atoms with Crippen LogP contribution in [0.25, 0.3) is 10.1 Å². The number of alkyl halides is 1. The number of halogens is 1. The molecule has 0 bridgehead atoms. The predicted octanol–water partition coefficient (Wildman–Crippen LogP) is 3.96.